The van der Waals surface area contributed by atoms with E-state index in [0.29, 0.717) is 34.5 Å². The van der Waals surface area contributed by atoms with E-state index in [4.69, 9.17) is 37.6 Å². The van der Waals surface area contributed by atoms with Crippen LogP contribution in [0.15, 0.2) is 75.7 Å². The zero-order chi connectivity index (χ0) is 30.0. The van der Waals surface area contributed by atoms with Crippen LogP contribution >= 0.6 is 0 Å². The molecule has 2 aromatic carbocycles. The van der Waals surface area contributed by atoms with Gasteiger partial charge in [-0.3, -0.25) is 0 Å². The van der Waals surface area contributed by atoms with E-state index in [-0.39, 0.29) is 11.7 Å². The highest BCUT2D eigenvalue weighted by molar-refractivity contribution is 5.85. The van der Waals surface area contributed by atoms with Crippen molar-refractivity contribution in [2.75, 3.05) is 42.7 Å². The normalized spacial score (nSPS) is 22.8. The van der Waals surface area contributed by atoms with Crippen LogP contribution in [-0.4, -0.2) is 54.2 Å². The molecule has 2 aliphatic rings. The van der Waals surface area contributed by atoms with Gasteiger partial charge in [0.15, 0.2) is 28.6 Å². The van der Waals surface area contributed by atoms with E-state index in [1.807, 2.05) is 36.4 Å². The first-order chi connectivity index (χ1) is 20.3. The third-order valence-electron chi connectivity index (χ3n) is 7.81. The van der Waals surface area contributed by atoms with Gasteiger partial charge in [0.2, 0.25) is 0 Å². The fourth-order valence-electron chi connectivity index (χ4n) is 5.96. The molecule has 10 heteroatoms. The summed E-state index contributed by atoms with van der Waals surface area (Å²) in [5.74, 6) is 1.17. The molecule has 1 saturated carbocycles. The average Bonchev–Trinajstić information content (AvgIpc) is 3.00. The number of carbonyl (C=O) groups excluding carboxylic acids is 1. The maximum absolute atomic E-state index is 13.0. The Balaban J connectivity index is 1.72. The van der Waals surface area contributed by atoms with Gasteiger partial charge >= 0.3 is 11.6 Å². The molecule has 5 rings (SSSR count). The quantitative estimate of drug-likeness (QED) is 0.314. The van der Waals surface area contributed by atoms with E-state index < -0.39 is 29.0 Å². The zero-order valence-electron chi connectivity index (χ0n) is 24.2. The van der Waals surface area contributed by atoms with Gasteiger partial charge in [-0.25, -0.2) is 9.59 Å². The van der Waals surface area contributed by atoms with Crippen LogP contribution in [0, 0.1) is 5.92 Å². The van der Waals surface area contributed by atoms with Crippen LogP contribution in [0.4, 0.5) is 0 Å². The summed E-state index contributed by atoms with van der Waals surface area (Å²) in [4.78, 5) is 25.6. The SMILES string of the molecule is COC1=CC(=O)O[C@]2(/C=C/c3ccc(OC)c(OC)c3)[C@H]1[C@H](c1ccc(OC)c(OC)c1)[C@H]2c1cc(OC)cc(=O)o1. The number of hydrogen-bond acceptors (Lipinski definition) is 10. The van der Waals surface area contributed by atoms with Crippen molar-refractivity contribution in [2.45, 2.75) is 17.4 Å². The van der Waals surface area contributed by atoms with E-state index in [9.17, 15) is 9.59 Å². The second kappa shape index (κ2) is 11.6. The average molecular weight is 577 g/mol. The van der Waals surface area contributed by atoms with E-state index in [1.54, 1.807) is 46.6 Å². The summed E-state index contributed by atoms with van der Waals surface area (Å²) in [6.07, 6.45) is 4.99. The van der Waals surface area contributed by atoms with Crippen molar-refractivity contribution in [2.24, 2.45) is 5.92 Å². The Kier molecular flexibility index (Phi) is 7.89. The minimum absolute atomic E-state index is 0.289. The highest BCUT2D eigenvalue weighted by Gasteiger charge is 2.69. The summed E-state index contributed by atoms with van der Waals surface area (Å²) in [5.41, 5.74) is -0.276. The minimum Gasteiger partial charge on any atom is -0.500 e. The molecule has 0 spiro atoms. The highest BCUT2D eigenvalue weighted by Crippen LogP contribution is 2.66. The molecule has 1 aromatic heterocycles. The van der Waals surface area contributed by atoms with Gasteiger partial charge in [0.1, 0.15) is 17.3 Å². The molecule has 1 aliphatic carbocycles. The Morgan fingerprint density at radius 2 is 1.38 bits per heavy atom. The summed E-state index contributed by atoms with van der Waals surface area (Å²) in [6, 6.07) is 13.9. The van der Waals surface area contributed by atoms with Crippen molar-refractivity contribution in [3.05, 3.63) is 93.7 Å². The molecular weight excluding hydrogens is 544 g/mol. The Labute approximate surface area is 243 Å². The number of ether oxygens (including phenoxy) is 7. The van der Waals surface area contributed by atoms with Crippen LogP contribution in [-0.2, 0) is 14.3 Å². The first kappa shape index (κ1) is 28.7. The predicted octanol–water partition coefficient (Wildman–Crippen LogP) is 4.72. The Bertz CT molecular complexity index is 1600. The number of fused-ring (bicyclic) bond motifs is 1. The molecular formula is C32H32O10. The van der Waals surface area contributed by atoms with Crippen molar-refractivity contribution in [1.82, 2.24) is 0 Å². The van der Waals surface area contributed by atoms with Crippen LogP contribution < -0.4 is 29.3 Å². The predicted molar refractivity (Wildman–Crippen MR) is 153 cm³/mol. The van der Waals surface area contributed by atoms with Gasteiger partial charge in [-0.1, -0.05) is 18.2 Å². The molecule has 0 amide bonds. The fourth-order valence-corrected chi connectivity index (χ4v) is 5.96. The number of carbonyl (C=O) groups is 1. The van der Waals surface area contributed by atoms with Crippen molar-refractivity contribution < 1.29 is 42.4 Å². The van der Waals surface area contributed by atoms with E-state index >= 15 is 0 Å². The summed E-state index contributed by atoms with van der Waals surface area (Å²) in [7, 11) is 9.21. The van der Waals surface area contributed by atoms with Gasteiger partial charge in [-0.05, 0) is 41.5 Å². The van der Waals surface area contributed by atoms with Crippen molar-refractivity contribution in [3.63, 3.8) is 0 Å². The largest absolute Gasteiger partial charge is 0.500 e. The lowest BCUT2D eigenvalue weighted by Gasteiger charge is -2.59. The van der Waals surface area contributed by atoms with Gasteiger partial charge < -0.3 is 37.6 Å². The highest BCUT2D eigenvalue weighted by atomic mass is 16.6. The Hall–Kier alpha value is -4.86. The molecule has 1 fully saturated rings. The molecule has 0 bridgehead atoms. The van der Waals surface area contributed by atoms with Crippen LogP contribution in [0.2, 0.25) is 0 Å². The fraction of sp³-hybridized carbons (Fsp3) is 0.312. The lowest BCUT2D eigenvalue weighted by molar-refractivity contribution is -0.182. The Morgan fingerprint density at radius 1 is 0.714 bits per heavy atom. The first-order valence-corrected chi connectivity index (χ1v) is 13.1. The van der Waals surface area contributed by atoms with Gasteiger partial charge in [0.25, 0.3) is 0 Å². The second-order valence-corrected chi connectivity index (χ2v) is 9.79. The molecule has 0 unspecified atom stereocenters. The molecule has 0 radical (unpaired) electrons. The van der Waals surface area contributed by atoms with Crippen LogP contribution in [0.3, 0.4) is 0 Å². The topological polar surface area (TPSA) is 112 Å². The summed E-state index contributed by atoms with van der Waals surface area (Å²) in [5, 5.41) is 0. The van der Waals surface area contributed by atoms with Crippen molar-refractivity contribution >= 4 is 12.0 Å². The third-order valence-corrected chi connectivity index (χ3v) is 7.81. The minimum atomic E-state index is -1.29. The number of benzene rings is 2. The zero-order valence-corrected chi connectivity index (χ0v) is 24.2. The van der Waals surface area contributed by atoms with Gasteiger partial charge in [0, 0.05) is 12.0 Å². The molecule has 10 nitrogen and oxygen atoms in total. The number of esters is 1. The smallest absolute Gasteiger partial charge is 0.339 e. The molecule has 3 aromatic rings. The summed E-state index contributed by atoms with van der Waals surface area (Å²) in [6.45, 7) is 0. The molecule has 42 heavy (non-hydrogen) atoms. The van der Waals surface area contributed by atoms with Crippen LogP contribution in [0.25, 0.3) is 6.08 Å². The van der Waals surface area contributed by atoms with Crippen LogP contribution in [0.5, 0.6) is 28.7 Å². The van der Waals surface area contributed by atoms with E-state index in [1.165, 1.54) is 26.4 Å². The number of methoxy groups -OCH3 is 6. The van der Waals surface area contributed by atoms with E-state index in [0.717, 1.165) is 11.1 Å². The molecule has 2 heterocycles. The molecule has 1 aliphatic heterocycles. The van der Waals surface area contributed by atoms with Gasteiger partial charge in [-0.2, -0.15) is 0 Å². The third kappa shape index (κ3) is 4.82. The van der Waals surface area contributed by atoms with Gasteiger partial charge in [-0.15, -0.1) is 0 Å². The number of hydrogen-bond donors (Lipinski definition) is 0. The monoisotopic (exact) mass is 576 g/mol. The summed E-state index contributed by atoms with van der Waals surface area (Å²) >= 11 is 0. The molecule has 0 saturated heterocycles. The maximum atomic E-state index is 13.0. The number of rotatable bonds is 10. The molecule has 4 atom stereocenters. The summed E-state index contributed by atoms with van der Waals surface area (Å²) < 4.78 is 44.9. The molecule has 0 N–H and O–H groups in total. The van der Waals surface area contributed by atoms with Gasteiger partial charge in [0.05, 0.1) is 66.6 Å². The Morgan fingerprint density at radius 3 is 2.02 bits per heavy atom. The standard InChI is InChI=1S/C32H32O10/c1-35-20-15-26(41-27(33)16-20)31-29(19-8-10-22(37-3)24(14-19)39-5)30-25(40-6)17-28(34)42-32(30,31)12-11-18-7-9-21(36-2)23(13-18)38-4/h7-17,29-31H,1-6H3/b12-11+/t29-,30+,31+,32+/m0/s1. The molecule has 220 valence electrons. The van der Waals surface area contributed by atoms with E-state index in [2.05, 4.69) is 0 Å². The second-order valence-electron chi connectivity index (χ2n) is 9.79. The lowest BCUT2D eigenvalue weighted by atomic mass is 9.49. The van der Waals surface area contributed by atoms with Crippen LogP contribution in [0.1, 0.15) is 28.7 Å². The lowest BCUT2D eigenvalue weighted by Crippen LogP contribution is -2.63. The maximum Gasteiger partial charge on any atom is 0.339 e. The van der Waals surface area contributed by atoms with Crippen molar-refractivity contribution in [3.8, 4) is 28.7 Å². The van der Waals surface area contributed by atoms with Crippen molar-refractivity contribution in [1.29, 1.82) is 0 Å². The first-order valence-electron chi connectivity index (χ1n) is 13.1.